The number of anilines is 1. The number of nitrogens with one attached hydrogen (secondary N) is 1. The van der Waals surface area contributed by atoms with Crippen LogP contribution in [0.1, 0.15) is 42.6 Å². The summed E-state index contributed by atoms with van der Waals surface area (Å²) < 4.78 is 0. The number of rotatable bonds is 2. The van der Waals surface area contributed by atoms with Gasteiger partial charge in [-0.25, -0.2) is 4.98 Å². The average Bonchev–Trinajstić information content (AvgIpc) is 2.29. The Bertz CT molecular complexity index is 396. The fourth-order valence-electron chi connectivity index (χ4n) is 2.14. The monoisotopic (exact) mass is 253 g/mol. The van der Waals surface area contributed by atoms with Crippen molar-refractivity contribution in [3.05, 3.63) is 23.0 Å². The summed E-state index contributed by atoms with van der Waals surface area (Å²) >= 11 is 5.77. The minimum atomic E-state index is -0.189. The zero-order chi connectivity index (χ0) is 12.3. The van der Waals surface area contributed by atoms with E-state index in [-0.39, 0.29) is 17.1 Å². The Morgan fingerprint density at radius 3 is 2.71 bits per heavy atom. The maximum absolute atomic E-state index is 11.9. The van der Waals surface area contributed by atoms with Crippen LogP contribution in [0.4, 0.5) is 5.69 Å². The third-order valence-electron chi connectivity index (χ3n) is 2.99. The molecule has 17 heavy (non-hydrogen) atoms. The third-order valence-corrected chi connectivity index (χ3v) is 3.18. The Morgan fingerprint density at radius 1 is 1.35 bits per heavy atom. The van der Waals surface area contributed by atoms with Crippen molar-refractivity contribution in [2.75, 3.05) is 5.73 Å². The Hall–Kier alpha value is -1.29. The van der Waals surface area contributed by atoms with E-state index in [0.29, 0.717) is 11.4 Å². The van der Waals surface area contributed by atoms with Gasteiger partial charge in [0, 0.05) is 11.7 Å². The number of aromatic nitrogens is 1. The first kappa shape index (κ1) is 12.2. The van der Waals surface area contributed by atoms with E-state index in [0.717, 1.165) is 12.8 Å². The molecule has 0 aromatic carbocycles. The first-order valence-corrected chi connectivity index (χ1v) is 6.27. The second kappa shape index (κ2) is 5.36. The topological polar surface area (TPSA) is 68.0 Å². The molecule has 5 heteroatoms. The molecule has 0 bridgehead atoms. The number of halogens is 1. The summed E-state index contributed by atoms with van der Waals surface area (Å²) in [5.41, 5.74) is 6.38. The van der Waals surface area contributed by atoms with Crippen LogP contribution in [-0.2, 0) is 0 Å². The minimum Gasteiger partial charge on any atom is -0.399 e. The summed E-state index contributed by atoms with van der Waals surface area (Å²) in [6.45, 7) is 0. The largest absolute Gasteiger partial charge is 0.399 e. The van der Waals surface area contributed by atoms with Gasteiger partial charge >= 0.3 is 0 Å². The van der Waals surface area contributed by atoms with E-state index in [1.807, 2.05) is 0 Å². The predicted octanol–water partition coefficient (Wildman–Crippen LogP) is 2.38. The van der Waals surface area contributed by atoms with Crippen molar-refractivity contribution >= 4 is 23.2 Å². The quantitative estimate of drug-likeness (QED) is 0.795. The highest BCUT2D eigenvalue weighted by Gasteiger charge is 2.17. The van der Waals surface area contributed by atoms with Crippen LogP contribution >= 0.6 is 11.6 Å². The average molecular weight is 254 g/mol. The molecule has 1 aromatic rings. The normalized spacial score (nSPS) is 16.8. The highest BCUT2D eigenvalue weighted by atomic mass is 35.5. The lowest BCUT2D eigenvalue weighted by Crippen LogP contribution is -2.36. The summed E-state index contributed by atoms with van der Waals surface area (Å²) in [5, 5.41) is 3.22. The fourth-order valence-corrected chi connectivity index (χ4v) is 2.36. The SMILES string of the molecule is Nc1cc(Cl)nc(C(=O)NC2CCCCC2)c1. The van der Waals surface area contributed by atoms with Crippen LogP contribution in [0.15, 0.2) is 12.1 Å². The predicted molar refractivity (Wildman–Crippen MR) is 68.0 cm³/mol. The molecule has 0 saturated heterocycles. The summed E-state index contributed by atoms with van der Waals surface area (Å²) in [6.07, 6.45) is 5.70. The molecule has 1 aromatic heterocycles. The lowest BCUT2D eigenvalue weighted by atomic mass is 9.95. The van der Waals surface area contributed by atoms with E-state index in [2.05, 4.69) is 10.3 Å². The number of pyridine rings is 1. The molecule has 0 spiro atoms. The van der Waals surface area contributed by atoms with Gasteiger partial charge < -0.3 is 11.1 Å². The second-order valence-electron chi connectivity index (χ2n) is 4.42. The maximum atomic E-state index is 11.9. The van der Waals surface area contributed by atoms with E-state index in [4.69, 9.17) is 17.3 Å². The number of hydrogen-bond acceptors (Lipinski definition) is 3. The number of amides is 1. The molecule has 2 rings (SSSR count). The van der Waals surface area contributed by atoms with Crippen molar-refractivity contribution in [1.82, 2.24) is 10.3 Å². The number of carbonyl (C=O) groups excluding carboxylic acids is 1. The van der Waals surface area contributed by atoms with Gasteiger partial charge in [0.25, 0.3) is 5.91 Å². The van der Waals surface area contributed by atoms with Crippen molar-refractivity contribution in [3.8, 4) is 0 Å². The minimum absolute atomic E-state index is 0.189. The van der Waals surface area contributed by atoms with Crippen molar-refractivity contribution in [3.63, 3.8) is 0 Å². The second-order valence-corrected chi connectivity index (χ2v) is 4.80. The molecule has 1 aliphatic carbocycles. The van der Waals surface area contributed by atoms with E-state index in [1.165, 1.54) is 25.3 Å². The fraction of sp³-hybridized carbons (Fsp3) is 0.500. The molecule has 3 N–H and O–H groups in total. The lowest BCUT2D eigenvalue weighted by molar-refractivity contribution is 0.0922. The standard InChI is InChI=1S/C12H16ClN3O/c13-11-7-8(14)6-10(16-11)12(17)15-9-4-2-1-3-5-9/h6-7,9H,1-5H2,(H2,14,16)(H,15,17). The van der Waals surface area contributed by atoms with Gasteiger partial charge in [0.2, 0.25) is 0 Å². The third kappa shape index (κ3) is 3.33. The Kier molecular flexibility index (Phi) is 3.84. The van der Waals surface area contributed by atoms with Crippen LogP contribution in [0.3, 0.4) is 0 Å². The van der Waals surface area contributed by atoms with Gasteiger partial charge in [-0.2, -0.15) is 0 Å². The van der Waals surface area contributed by atoms with Crippen molar-refractivity contribution in [2.24, 2.45) is 0 Å². The van der Waals surface area contributed by atoms with Crippen LogP contribution in [0.5, 0.6) is 0 Å². The van der Waals surface area contributed by atoms with E-state index in [9.17, 15) is 4.79 Å². The van der Waals surface area contributed by atoms with E-state index in [1.54, 1.807) is 6.07 Å². The summed E-state index contributed by atoms with van der Waals surface area (Å²) in [6, 6.07) is 3.33. The molecule has 1 fully saturated rings. The first-order valence-electron chi connectivity index (χ1n) is 5.89. The van der Waals surface area contributed by atoms with Gasteiger partial charge in [0.1, 0.15) is 10.8 Å². The van der Waals surface area contributed by atoms with Gasteiger partial charge in [-0.3, -0.25) is 4.79 Å². The van der Waals surface area contributed by atoms with Crippen molar-refractivity contribution in [1.29, 1.82) is 0 Å². The molecule has 0 radical (unpaired) electrons. The molecule has 92 valence electrons. The summed E-state index contributed by atoms with van der Waals surface area (Å²) in [7, 11) is 0. The van der Waals surface area contributed by atoms with Crippen LogP contribution in [0.2, 0.25) is 5.15 Å². The highest BCUT2D eigenvalue weighted by molar-refractivity contribution is 6.29. The first-order chi connectivity index (χ1) is 8.15. The Balaban J connectivity index is 2.03. The van der Waals surface area contributed by atoms with Crippen LogP contribution in [0.25, 0.3) is 0 Å². The molecule has 0 unspecified atom stereocenters. The van der Waals surface area contributed by atoms with Gasteiger partial charge in [-0.1, -0.05) is 30.9 Å². The van der Waals surface area contributed by atoms with E-state index < -0.39 is 0 Å². The van der Waals surface area contributed by atoms with Gasteiger partial charge in [-0.15, -0.1) is 0 Å². The number of hydrogen-bond donors (Lipinski definition) is 2. The zero-order valence-electron chi connectivity index (χ0n) is 9.58. The molecule has 1 heterocycles. The van der Waals surface area contributed by atoms with Crippen LogP contribution in [-0.4, -0.2) is 16.9 Å². The molecule has 1 aliphatic rings. The zero-order valence-corrected chi connectivity index (χ0v) is 10.3. The van der Waals surface area contributed by atoms with Crippen molar-refractivity contribution in [2.45, 2.75) is 38.1 Å². The Morgan fingerprint density at radius 2 is 2.06 bits per heavy atom. The van der Waals surface area contributed by atoms with E-state index >= 15 is 0 Å². The molecule has 0 aliphatic heterocycles. The van der Waals surface area contributed by atoms with Crippen LogP contribution < -0.4 is 11.1 Å². The van der Waals surface area contributed by atoms with Gasteiger partial charge in [0.15, 0.2) is 0 Å². The number of nitrogens with zero attached hydrogens (tertiary/aromatic N) is 1. The molecule has 1 saturated carbocycles. The number of carbonyl (C=O) groups is 1. The van der Waals surface area contributed by atoms with Crippen LogP contribution in [0, 0.1) is 0 Å². The Labute approximate surface area is 106 Å². The number of nitrogens with two attached hydrogens (primary N) is 1. The summed E-state index contributed by atoms with van der Waals surface area (Å²) in [5.74, 6) is -0.189. The lowest BCUT2D eigenvalue weighted by Gasteiger charge is -2.22. The molecular weight excluding hydrogens is 238 g/mol. The molecule has 1 amide bonds. The maximum Gasteiger partial charge on any atom is 0.270 e. The molecule has 4 nitrogen and oxygen atoms in total. The highest BCUT2D eigenvalue weighted by Crippen LogP contribution is 2.18. The molecular formula is C12H16ClN3O. The summed E-state index contributed by atoms with van der Waals surface area (Å²) in [4.78, 5) is 15.9. The van der Waals surface area contributed by atoms with Crippen molar-refractivity contribution < 1.29 is 4.79 Å². The smallest absolute Gasteiger partial charge is 0.270 e. The molecule has 0 atom stereocenters. The van der Waals surface area contributed by atoms with Gasteiger partial charge in [-0.05, 0) is 25.0 Å². The number of nitrogen functional groups attached to an aromatic ring is 1. The van der Waals surface area contributed by atoms with Gasteiger partial charge in [0.05, 0.1) is 0 Å².